The minimum Gasteiger partial charge on any atom is -0.357 e. The van der Waals surface area contributed by atoms with Gasteiger partial charge in [-0.2, -0.15) is 4.31 Å². The molecule has 2 N–H and O–H groups in total. The molecule has 2 amide bonds. The summed E-state index contributed by atoms with van der Waals surface area (Å²) in [6, 6.07) is 19.9. The van der Waals surface area contributed by atoms with Gasteiger partial charge in [-0.25, -0.2) is 8.42 Å². The van der Waals surface area contributed by atoms with Crippen LogP contribution in [0.4, 0.5) is 0 Å². The first-order valence-electron chi connectivity index (χ1n) is 10.1. The van der Waals surface area contributed by atoms with E-state index in [1.54, 1.807) is 54.6 Å². The van der Waals surface area contributed by atoms with Crippen molar-refractivity contribution in [2.45, 2.75) is 17.5 Å². The molecule has 3 rings (SSSR count). The van der Waals surface area contributed by atoms with Gasteiger partial charge in [0.25, 0.3) is 5.91 Å². The predicted octanol–water partition coefficient (Wildman–Crippen LogP) is 3.38. The van der Waals surface area contributed by atoms with Crippen LogP contribution in [-0.4, -0.2) is 38.6 Å². The maximum absolute atomic E-state index is 13.7. The van der Waals surface area contributed by atoms with Crippen molar-refractivity contribution in [3.63, 3.8) is 0 Å². The monoisotopic (exact) mass is 485 g/mol. The molecule has 0 radical (unpaired) electrons. The normalized spacial score (nSPS) is 12.2. The van der Waals surface area contributed by atoms with Gasteiger partial charge in [0.05, 0.1) is 4.90 Å². The average molecular weight is 486 g/mol. The van der Waals surface area contributed by atoms with Gasteiger partial charge in [0.1, 0.15) is 6.04 Å². The van der Waals surface area contributed by atoms with Crippen LogP contribution in [0.5, 0.6) is 0 Å². The van der Waals surface area contributed by atoms with Crippen LogP contribution in [-0.2, 0) is 21.4 Å². The molecule has 0 fully saturated rings. The van der Waals surface area contributed by atoms with Crippen LogP contribution in [0.25, 0.3) is 0 Å². The molecule has 7 nitrogen and oxygen atoms in total. The first-order valence-corrected chi connectivity index (χ1v) is 11.9. The van der Waals surface area contributed by atoms with Gasteiger partial charge >= 0.3 is 0 Å². The Balaban J connectivity index is 2.11. The summed E-state index contributed by atoms with van der Waals surface area (Å²) >= 11 is 5.95. The molecule has 0 spiro atoms. The van der Waals surface area contributed by atoms with E-state index in [0.717, 1.165) is 4.31 Å². The van der Waals surface area contributed by atoms with Gasteiger partial charge in [0.2, 0.25) is 15.9 Å². The lowest BCUT2D eigenvalue weighted by Gasteiger charge is -2.30. The molecular weight excluding hydrogens is 462 g/mol. The lowest BCUT2D eigenvalue weighted by molar-refractivity contribution is -0.124. The van der Waals surface area contributed by atoms with Gasteiger partial charge < -0.3 is 10.6 Å². The SMILES string of the molecule is CNC(=O)c1ccc(CN([C@@H](C(=O)NC)c2ccccc2)S(=O)(=O)c2ccc(Cl)cc2)cc1. The molecule has 1 atom stereocenters. The smallest absolute Gasteiger partial charge is 0.251 e. The van der Waals surface area contributed by atoms with Gasteiger partial charge in [-0.1, -0.05) is 54.1 Å². The Morgan fingerprint density at radius 2 is 1.48 bits per heavy atom. The summed E-state index contributed by atoms with van der Waals surface area (Å²) in [6.07, 6.45) is 0. The summed E-state index contributed by atoms with van der Waals surface area (Å²) in [7, 11) is -1.12. The van der Waals surface area contributed by atoms with E-state index in [2.05, 4.69) is 10.6 Å². The molecule has 0 unspecified atom stereocenters. The van der Waals surface area contributed by atoms with Gasteiger partial charge in [0.15, 0.2) is 0 Å². The second kappa shape index (κ2) is 10.6. The van der Waals surface area contributed by atoms with E-state index >= 15 is 0 Å². The highest BCUT2D eigenvalue weighted by Gasteiger charge is 2.36. The minimum atomic E-state index is -4.12. The molecule has 0 aliphatic carbocycles. The van der Waals surface area contributed by atoms with Crippen molar-refractivity contribution in [1.82, 2.24) is 14.9 Å². The standard InChI is InChI=1S/C24H24ClN3O4S/c1-26-23(29)19-10-8-17(9-11-19)16-28(33(31,32)21-14-12-20(25)13-15-21)22(24(30)27-2)18-6-4-3-5-7-18/h3-15,22H,16H2,1-2H3,(H,26,29)(H,27,30)/t22-/m1/s1. The number of likely N-dealkylation sites (N-methyl/N-ethyl adjacent to an activating group) is 1. The molecular formula is C24H24ClN3O4S. The lowest BCUT2D eigenvalue weighted by atomic mass is 10.1. The summed E-state index contributed by atoms with van der Waals surface area (Å²) in [5.41, 5.74) is 1.58. The Labute approximate surface area is 198 Å². The molecule has 3 aromatic carbocycles. The maximum atomic E-state index is 13.7. The second-order valence-corrected chi connectivity index (χ2v) is 9.53. The highest BCUT2D eigenvalue weighted by molar-refractivity contribution is 7.89. The van der Waals surface area contributed by atoms with E-state index < -0.39 is 22.0 Å². The number of rotatable bonds is 8. The van der Waals surface area contributed by atoms with Gasteiger partial charge in [-0.3, -0.25) is 9.59 Å². The van der Waals surface area contributed by atoms with Gasteiger partial charge in [-0.15, -0.1) is 0 Å². The van der Waals surface area contributed by atoms with E-state index in [-0.39, 0.29) is 17.3 Å². The van der Waals surface area contributed by atoms with E-state index in [1.165, 1.54) is 38.4 Å². The van der Waals surface area contributed by atoms with Crippen LogP contribution < -0.4 is 10.6 Å². The minimum absolute atomic E-state index is 0.0127. The molecule has 0 saturated heterocycles. The Bertz CT molecular complexity index is 1210. The fourth-order valence-corrected chi connectivity index (χ4v) is 5.05. The highest BCUT2D eigenvalue weighted by atomic mass is 35.5. The molecule has 9 heteroatoms. The zero-order valence-electron chi connectivity index (χ0n) is 18.2. The van der Waals surface area contributed by atoms with Crippen molar-refractivity contribution >= 4 is 33.4 Å². The zero-order valence-corrected chi connectivity index (χ0v) is 19.7. The fraction of sp³-hybridized carbons (Fsp3) is 0.167. The number of carbonyl (C=O) groups excluding carboxylic acids is 2. The zero-order chi connectivity index (χ0) is 24.0. The number of nitrogens with one attached hydrogen (secondary N) is 2. The van der Waals surface area contributed by atoms with Gasteiger partial charge in [-0.05, 0) is 47.5 Å². The summed E-state index contributed by atoms with van der Waals surface area (Å²) in [5.74, 6) is -0.722. The third-order valence-corrected chi connectivity index (χ3v) is 7.18. The van der Waals surface area contributed by atoms with Crippen molar-refractivity contribution in [3.05, 3.63) is 101 Å². The van der Waals surface area contributed by atoms with Crippen LogP contribution in [0.1, 0.15) is 27.5 Å². The molecule has 0 heterocycles. The summed E-state index contributed by atoms with van der Waals surface area (Å²) < 4.78 is 28.6. The first kappa shape index (κ1) is 24.4. The van der Waals surface area contributed by atoms with Crippen LogP contribution in [0.3, 0.4) is 0 Å². The number of sulfonamides is 1. The van der Waals surface area contributed by atoms with E-state index in [1.807, 2.05) is 0 Å². The quantitative estimate of drug-likeness (QED) is 0.511. The van der Waals surface area contributed by atoms with Crippen LogP contribution in [0, 0.1) is 0 Å². The van der Waals surface area contributed by atoms with Crippen molar-refractivity contribution in [3.8, 4) is 0 Å². The molecule has 33 heavy (non-hydrogen) atoms. The topological polar surface area (TPSA) is 95.6 Å². The summed E-state index contributed by atoms with van der Waals surface area (Å²) in [4.78, 5) is 24.8. The molecule has 0 aliphatic heterocycles. The molecule has 0 saturated carbocycles. The van der Waals surface area contributed by atoms with E-state index in [4.69, 9.17) is 11.6 Å². The number of hydrogen-bond acceptors (Lipinski definition) is 4. The van der Waals surface area contributed by atoms with Crippen LogP contribution >= 0.6 is 11.6 Å². The number of benzene rings is 3. The highest BCUT2D eigenvalue weighted by Crippen LogP contribution is 2.31. The number of halogens is 1. The molecule has 0 aromatic heterocycles. The van der Waals surface area contributed by atoms with Crippen molar-refractivity contribution < 1.29 is 18.0 Å². The Morgan fingerprint density at radius 1 is 0.879 bits per heavy atom. The average Bonchev–Trinajstić information content (AvgIpc) is 2.84. The Hall–Kier alpha value is -3.20. The largest absolute Gasteiger partial charge is 0.357 e. The maximum Gasteiger partial charge on any atom is 0.251 e. The first-order chi connectivity index (χ1) is 15.8. The number of nitrogens with zero attached hydrogens (tertiary/aromatic N) is 1. The molecule has 0 bridgehead atoms. The molecule has 3 aromatic rings. The van der Waals surface area contributed by atoms with Crippen molar-refractivity contribution in [2.24, 2.45) is 0 Å². The molecule has 0 aliphatic rings. The second-order valence-electron chi connectivity index (χ2n) is 7.21. The summed E-state index contributed by atoms with van der Waals surface area (Å²) in [6.45, 7) is -0.0913. The Kier molecular flexibility index (Phi) is 7.86. The third-order valence-electron chi connectivity index (χ3n) is 5.10. The number of hydrogen-bond donors (Lipinski definition) is 2. The summed E-state index contributed by atoms with van der Waals surface area (Å²) in [5, 5.41) is 5.52. The predicted molar refractivity (Wildman–Crippen MR) is 127 cm³/mol. The lowest BCUT2D eigenvalue weighted by Crippen LogP contribution is -2.42. The van der Waals surface area contributed by atoms with Crippen molar-refractivity contribution in [2.75, 3.05) is 14.1 Å². The Morgan fingerprint density at radius 3 is 2.03 bits per heavy atom. The van der Waals surface area contributed by atoms with Crippen molar-refractivity contribution in [1.29, 1.82) is 0 Å². The fourth-order valence-electron chi connectivity index (χ4n) is 3.36. The van der Waals surface area contributed by atoms with Gasteiger partial charge in [0, 0.05) is 31.2 Å². The number of amides is 2. The number of carbonyl (C=O) groups is 2. The van der Waals surface area contributed by atoms with Crippen LogP contribution in [0.2, 0.25) is 5.02 Å². The van der Waals surface area contributed by atoms with Crippen LogP contribution in [0.15, 0.2) is 83.8 Å². The third kappa shape index (κ3) is 5.60. The van der Waals surface area contributed by atoms with E-state index in [0.29, 0.717) is 21.7 Å². The van der Waals surface area contributed by atoms with E-state index in [9.17, 15) is 18.0 Å². The molecule has 172 valence electrons.